The minimum Gasteiger partial charge on any atom is -0.482 e. The van der Waals surface area contributed by atoms with Crippen LogP contribution in [0.4, 0.5) is 10.2 Å². The van der Waals surface area contributed by atoms with Crippen molar-refractivity contribution in [2.45, 2.75) is 65.8 Å². The summed E-state index contributed by atoms with van der Waals surface area (Å²) < 4.78 is 25.1. The quantitative estimate of drug-likeness (QED) is 0.226. The van der Waals surface area contributed by atoms with E-state index in [0.29, 0.717) is 5.06 Å². The summed E-state index contributed by atoms with van der Waals surface area (Å²) in [5, 5.41) is 17.0. The molecule has 2 aromatic rings. The van der Waals surface area contributed by atoms with Crippen LogP contribution in [0.15, 0.2) is 18.2 Å². The van der Waals surface area contributed by atoms with Crippen molar-refractivity contribution < 1.29 is 38.2 Å². The topological polar surface area (TPSA) is 128 Å². The van der Waals surface area contributed by atoms with Crippen molar-refractivity contribution in [2.24, 2.45) is 0 Å². The van der Waals surface area contributed by atoms with Gasteiger partial charge in [0, 0.05) is 16.7 Å². The Kier molecular flexibility index (Phi) is 8.87. The van der Waals surface area contributed by atoms with E-state index in [0.717, 1.165) is 12.1 Å². The number of amides is 1. The summed E-state index contributed by atoms with van der Waals surface area (Å²) in [4.78, 5) is 42.8. The molecule has 1 atom stereocenters. The van der Waals surface area contributed by atoms with Crippen molar-refractivity contribution >= 4 is 46.9 Å². The van der Waals surface area contributed by atoms with Crippen molar-refractivity contribution in [1.29, 1.82) is 0 Å². The summed E-state index contributed by atoms with van der Waals surface area (Å²) in [6.07, 6.45) is -1.07. The number of hydrogen-bond donors (Lipinski definition) is 1. The number of carbonyl (C=O) groups excluding carboxylic acids is 2. The maximum Gasteiger partial charge on any atom is 0.400 e. The SMILES string of the molecule is CC(Oc1cc(C(=O)O)nnc1N(OC(C)(C)C)C(=O)C(=O)OC(C)(C)C)c1c(Cl)ccc(F)c1Cl. The summed E-state index contributed by atoms with van der Waals surface area (Å²) in [7, 11) is 0. The Labute approximate surface area is 217 Å². The van der Waals surface area contributed by atoms with Gasteiger partial charge in [0.1, 0.15) is 17.5 Å². The Morgan fingerprint density at radius 3 is 2.19 bits per heavy atom. The Bertz CT molecular complexity index is 1180. The minimum atomic E-state index is -1.45. The molecule has 1 N–H and O–H groups in total. The van der Waals surface area contributed by atoms with Gasteiger partial charge in [-0.05, 0) is 60.6 Å². The van der Waals surface area contributed by atoms with Gasteiger partial charge in [0.2, 0.25) is 5.82 Å². The molecule has 0 saturated heterocycles. The van der Waals surface area contributed by atoms with E-state index in [-0.39, 0.29) is 21.4 Å². The maximum absolute atomic E-state index is 14.1. The number of halogens is 3. The van der Waals surface area contributed by atoms with E-state index in [4.69, 9.17) is 37.5 Å². The van der Waals surface area contributed by atoms with Crippen molar-refractivity contribution in [3.8, 4) is 5.75 Å². The van der Waals surface area contributed by atoms with Crippen molar-refractivity contribution in [3.05, 3.63) is 45.3 Å². The van der Waals surface area contributed by atoms with Gasteiger partial charge in [-0.1, -0.05) is 23.2 Å². The number of carbonyl (C=O) groups is 3. The second kappa shape index (κ2) is 10.9. The molecule has 0 saturated carbocycles. The monoisotopic (exact) mass is 545 g/mol. The fraction of sp³-hybridized carbons (Fsp3) is 0.435. The normalized spacial score (nSPS) is 12.6. The molecule has 1 aromatic carbocycles. The van der Waals surface area contributed by atoms with E-state index in [1.807, 2.05) is 0 Å². The van der Waals surface area contributed by atoms with Gasteiger partial charge in [0.05, 0.1) is 10.6 Å². The third-order valence-electron chi connectivity index (χ3n) is 4.06. The highest BCUT2D eigenvalue weighted by Crippen LogP contribution is 2.38. The van der Waals surface area contributed by atoms with E-state index in [9.17, 15) is 23.9 Å². The lowest BCUT2D eigenvalue weighted by Crippen LogP contribution is -2.45. The first-order valence-electron chi connectivity index (χ1n) is 10.6. The molecule has 0 fully saturated rings. The maximum atomic E-state index is 14.1. The highest BCUT2D eigenvalue weighted by molar-refractivity contribution is 6.37. The fourth-order valence-electron chi connectivity index (χ4n) is 2.72. The highest BCUT2D eigenvalue weighted by Gasteiger charge is 2.36. The van der Waals surface area contributed by atoms with E-state index in [1.165, 1.54) is 13.0 Å². The van der Waals surface area contributed by atoms with E-state index in [2.05, 4.69) is 10.2 Å². The lowest BCUT2D eigenvalue weighted by molar-refractivity contribution is -0.167. The molecule has 1 unspecified atom stereocenters. The van der Waals surface area contributed by atoms with Gasteiger partial charge in [-0.25, -0.2) is 14.0 Å². The zero-order chi connectivity index (χ0) is 27.6. The standard InChI is InChI=1S/C23H26Cl2FN3O7/c1-11(16-12(24)8-9-13(26)17(16)25)34-15-10-14(20(31)32)27-28-18(15)29(36-23(5,6)7)19(30)21(33)35-22(2,3)4/h8-11H,1-7H3,(H,31,32). The molecule has 36 heavy (non-hydrogen) atoms. The number of aromatic nitrogens is 2. The molecule has 1 heterocycles. The lowest BCUT2D eigenvalue weighted by atomic mass is 10.1. The van der Waals surface area contributed by atoms with Gasteiger partial charge in [0.15, 0.2) is 11.4 Å². The average molecular weight is 546 g/mol. The molecule has 196 valence electrons. The summed E-state index contributed by atoms with van der Waals surface area (Å²) in [5.74, 6) is -5.56. The molecule has 0 radical (unpaired) electrons. The van der Waals surface area contributed by atoms with E-state index >= 15 is 0 Å². The van der Waals surface area contributed by atoms with Crippen LogP contribution in [0.25, 0.3) is 0 Å². The number of nitrogens with zero attached hydrogens (tertiary/aromatic N) is 3. The van der Waals surface area contributed by atoms with Crippen molar-refractivity contribution in [2.75, 3.05) is 5.06 Å². The number of hydrogen-bond acceptors (Lipinski definition) is 8. The Morgan fingerprint density at radius 2 is 1.67 bits per heavy atom. The third kappa shape index (κ3) is 7.49. The van der Waals surface area contributed by atoms with Gasteiger partial charge in [-0.15, -0.1) is 10.2 Å². The molecule has 0 bridgehead atoms. The first kappa shape index (κ1) is 29.2. The smallest absolute Gasteiger partial charge is 0.400 e. The molecule has 2 rings (SSSR count). The third-order valence-corrected chi connectivity index (χ3v) is 4.78. The van der Waals surface area contributed by atoms with Crippen LogP contribution in [-0.4, -0.2) is 44.4 Å². The van der Waals surface area contributed by atoms with Crippen LogP contribution in [0.1, 0.15) is 70.6 Å². The number of anilines is 1. The first-order valence-corrected chi connectivity index (χ1v) is 11.3. The number of rotatable bonds is 6. The van der Waals surface area contributed by atoms with Gasteiger partial charge >= 0.3 is 17.8 Å². The second-order valence-corrected chi connectivity index (χ2v) is 10.3. The first-order chi connectivity index (χ1) is 16.4. The number of esters is 1. The van der Waals surface area contributed by atoms with Gasteiger partial charge in [-0.3, -0.25) is 9.63 Å². The number of aromatic carboxylic acids is 1. The van der Waals surface area contributed by atoms with Crippen LogP contribution in [0.2, 0.25) is 10.0 Å². The van der Waals surface area contributed by atoms with E-state index in [1.54, 1.807) is 41.5 Å². The molecular weight excluding hydrogens is 520 g/mol. The Balaban J connectivity index is 2.64. The van der Waals surface area contributed by atoms with Crippen molar-refractivity contribution in [3.63, 3.8) is 0 Å². The zero-order valence-corrected chi connectivity index (χ0v) is 22.2. The number of hydroxylamine groups is 1. The van der Waals surface area contributed by atoms with Crippen LogP contribution in [0, 0.1) is 5.82 Å². The molecule has 0 aliphatic heterocycles. The van der Waals surface area contributed by atoms with Crippen LogP contribution < -0.4 is 9.80 Å². The zero-order valence-electron chi connectivity index (χ0n) is 20.7. The summed E-state index contributed by atoms with van der Waals surface area (Å²) >= 11 is 12.3. The molecule has 1 aromatic heterocycles. The van der Waals surface area contributed by atoms with E-state index < -0.39 is 52.5 Å². The summed E-state index contributed by atoms with van der Waals surface area (Å²) in [5.41, 5.74) is -2.53. The van der Waals surface area contributed by atoms with Gasteiger partial charge < -0.3 is 14.6 Å². The van der Waals surface area contributed by atoms with Crippen LogP contribution in [0.3, 0.4) is 0 Å². The average Bonchev–Trinajstić information content (AvgIpc) is 2.72. The summed E-state index contributed by atoms with van der Waals surface area (Å²) in [6, 6.07) is 3.30. The number of carboxylic acids is 1. The molecule has 1 amide bonds. The van der Waals surface area contributed by atoms with Crippen molar-refractivity contribution in [1.82, 2.24) is 10.2 Å². The number of ether oxygens (including phenoxy) is 2. The lowest BCUT2D eigenvalue weighted by Gasteiger charge is -2.30. The number of carboxylic acid groups (broad SMARTS) is 1. The predicted molar refractivity (Wildman–Crippen MR) is 129 cm³/mol. The van der Waals surface area contributed by atoms with Gasteiger partial charge in [0.25, 0.3) is 0 Å². The molecule has 13 heteroatoms. The molecule has 0 spiro atoms. The van der Waals surface area contributed by atoms with Crippen LogP contribution in [-0.2, 0) is 19.2 Å². The highest BCUT2D eigenvalue weighted by atomic mass is 35.5. The Morgan fingerprint density at radius 1 is 1.06 bits per heavy atom. The van der Waals surface area contributed by atoms with Gasteiger partial charge in [-0.2, -0.15) is 5.06 Å². The summed E-state index contributed by atoms with van der Waals surface area (Å²) in [6.45, 7) is 10.9. The predicted octanol–water partition coefficient (Wildman–Crippen LogP) is 5.17. The largest absolute Gasteiger partial charge is 0.482 e. The molecule has 10 nitrogen and oxygen atoms in total. The Hall–Kier alpha value is -3.02. The van der Waals surface area contributed by atoms with Crippen LogP contribution >= 0.6 is 23.2 Å². The second-order valence-electron chi connectivity index (χ2n) is 9.54. The minimum absolute atomic E-state index is 0.0553. The fourth-order valence-corrected chi connectivity index (χ4v) is 3.40. The van der Waals surface area contributed by atoms with Crippen LogP contribution in [0.5, 0.6) is 5.75 Å². The molecule has 0 aliphatic rings. The number of benzene rings is 1. The molecule has 0 aliphatic carbocycles. The molecular formula is C23H26Cl2FN3O7.